The second-order valence-electron chi connectivity index (χ2n) is 4.36. The molecule has 2 heterocycles. The lowest BCUT2D eigenvalue weighted by molar-refractivity contribution is -0.123. The van der Waals surface area contributed by atoms with Crippen LogP contribution in [0.5, 0.6) is 0 Å². The van der Waals surface area contributed by atoms with Crippen molar-refractivity contribution < 1.29 is 9.21 Å². The lowest BCUT2D eigenvalue weighted by Gasteiger charge is -2.05. The second kappa shape index (κ2) is 6.13. The van der Waals surface area contributed by atoms with Crippen molar-refractivity contribution in [3.8, 4) is 17.4 Å². The highest BCUT2D eigenvalue weighted by Gasteiger charge is 2.26. The molecule has 0 radical (unpaired) electrons. The van der Waals surface area contributed by atoms with Gasteiger partial charge in [0.25, 0.3) is 5.91 Å². The van der Waals surface area contributed by atoms with Gasteiger partial charge in [-0.25, -0.2) is 0 Å². The van der Waals surface area contributed by atoms with Gasteiger partial charge in [0, 0.05) is 5.56 Å². The van der Waals surface area contributed by atoms with Crippen molar-refractivity contribution in [2.75, 3.05) is 5.75 Å². The molecule has 2 aromatic rings. The molecule has 1 aromatic heterocycles. The maximum atomic E-state index is 11.6. The zero-order valence-electron chi connectivity index (χ0n) is 11.2. The second-order valence-corrected chi connectivity index (χ2v) is 5.97. The zero-order valence-corrected chi connectivity index (χ0v) is 12.9. The molecule has 1 saturated heterocycles. The van der Waals surface area contributed by atoms with Crippen LogP contribution in [0.3, 0.4) is 0 Å². The summed E-state index contributed by atoms with van der Waals surface area (Å²) in [6.07, 6.45) is 1.44. The molecule has 0 N–H and O–H groups in total. The van der Waals surface area contributed by atoms with Gasteiger partial charge in [0.2, 0.25) is 0 Å². The molecule has 0 saturated carbocycles. The number of hydrazone groups is 1. The smallest absolute Gasteiger partial charge is 0.259 e. The maximum Gasteiger partial charge on any atom is 0.259 e. The number of nitriles is 1. The van der Waals surface area contributed by atoms with E-state index in [1.165, 1.54) is 23.0 Å². The number of thiocarbonyl (C=S) groups is 1. The molecule has 108 valence electrons. The predicted molar refractivity (Wildman–Crippen MR) is 88.4 cm³/mol. The Morgan fingerprint density at radius 3 is 2.91 bits per heavy atom. The quantitative estimate of drug-likeness (QED) is 0.640. The van der Waals surface area contributed by atoms with E-state index in [1.807, 2.05) is 12.1 Å². The molecule has 0 unspecified atom stereocenters. The molecular weight excluding hydrogens is 318 g/mol. The first-order chi connectivity index (χ1) is 10.7. The number of amides is 1. The Kier molecular flexibility index (Phi) is 4.04. The van der Waals surface area contributed by atoms with Crippen molar-refractivity contribution in [2.45, 2.75) is 0 Å². The lowest BCUT2D eigenvalue weighted by atomic mass is 10.1. The molecule has 1 amide bonds. The van der Waals surface area contributed by atoms with E-state index in [4.69, 9.17) is 21.9 Å². The number of hydrogen-bond donors (Lipinski definition) is 0. The van der Waals surface area contributed by atoms with Crippen molar-refractivity contribution in [1.29, 1.82) is 5.26 Å². The summed E-state index contributed by atoms with van der Waals surface area (Å²) in [6, 6.07) is 12.8. The third kappa shape index (κ3) is 2.79. The first-order valence-corrected chi connectivity index (χ1v) is 7.71. The van der Waals surface area contributed by atoms with Gasteiger partial charge in [-0.1, -0.05) is 36.1 Å². The van der Waals surface area contributed by atoms with E-state index in [2.05, 4.69) is 11.2 Å². The first-order valence-electron chi connectivity index (χ1n) is 6.32. The Balaban J connectivity index is 1.84. The van der Waals surface area contributed by atoms with E-state index in [1.54, 1.807) is 24.3 Å². The molecule has 1 aliphatic heterocycles. The molecule has 5 nitrogen and oxygen atoms in total. The van der Waals surface area contributed by atoms with Crippen LogP contribution >= 0.6 is 24.0 Å². The number of hydrogen-bond acceptors (Lipinski definition) is 6. The Bertz CT molecular complexity index is 804. The maximum absolute atomic E-state index is 11.6. The normalized spacial score (nSPS) is 14.8. The minimum atomic E-state index is -0.146. The van der Waals surface area contributed by atoms with Crippen LogP contribution in [0.1, 0.15) is 11.3 Å². The van der Waals surface area contributed by atoms with E-state index in [0.717, 1.165) is 0 Å². The van der Waals surface area contributed by atoms with Crippen LogP contribution in [0.15, 0.2) is 45.9 Å². The third-order valence-corrected chi connectivity index (χ3v) is 4.31. The summed E-state index contributed by atoms with van der Waals surface area (Å²) in [4.78, 5) is 11.6. The fourth-order valence-corrected chi connectivity index (χ4v) is 2.90. The number of nitrogens with zero attached hydrogens (tertiary/aromatic N) is 3. The van der Waals surface area contributed by atoms with Gasteiger partial charge in [-0.15, -0.1) is 0 Å². The molecule has 0 spiro atoms. The van der Waals surface area contributed by atoms with Crippen LogP contribution < -0.4 is 0 Å². The molecule has 1 fully saturated rings. The molecule has 0 aliphatic carbocycles. The van der Waals surface area contributed by atoms with Gasteiger partial charge >= 0.3 is 0 Å². The van der Waals surface area contributed by atoms with Crippen molar-refractivity contribution in [2.24, 2.45) is 5.10 Å². The monoisotopic (exact) mass is 327 g/mol. The average Bonchev–Trinajstić information content (AvgIpc) is 3.13. The Labute approximate surface area is 136 Å². The van der Waals surface area contributed by atoms with E-state index >= 15 is 0 Å². The molecular formula is C15H9N3O2S2. The van der Waals surface area contributed by atoms with Gasteiger partial charge in [0.1, 0.15) is 11.5 Å². The summed E-state index contributed by atoms with van der Waals surface area (Å²) < 4.78 is 6.09. The van der Waals surface area contributed by atoms with Crippen LogP contribution in [-0.4, -0.2) is 27.2 Å². The fourth-order valence-electron chi connectivity index (χ4n) is 1.94. The number of carbonyl (C=O) groups excluding carboxylic acids is 1. The summed E-state index contributed by atoms with van der Waals surface area (Å²) in [5.74, 6) is 1.22. The SMILES string of the molecule is N#Cc1ccccc1-c1ccc(C=NN2C(=O)CSC2=S)o1. The van der Waals surface area contributed by atoms with Crippen LogP contribution in [0.4, 0.5) is 0 Å². The van der Waals surface area contributed by atoms with Gasteiger partial charge in [0.15, 0.2) is 4.32 Å². The predicted octanol–water partition coefficient (Wildman–Crippen LogP) is 3.01. The lowest BCUT2D eigenvalue weighted by Crippen LogP contribution is -2.22. The van der Waals surface area contributed by atoms with Gasteiger partial charge in [0.05, 0.1) is 23.6 Å². The summed E-state index contributed by atoms with van der Waals surface area (Å²) in [5.41, 5.74) is 1.25. The van der Waals surface area contributed by atoms with Crippen LogP contribution in [0.2, 0.25) is 0 Å². The minimum absolute atomic E-state index is 0.146. The van der Waals surface area contributed by atoms with E-state index in [0.29, 0.717) is 32.7 Å². The number of benzene rings is 1. The van der Waals surface area contributed by atoms with Gasteiger partial charge in [-0.05, 0) is 24.3 Å². The molecule has 1 aliphatic rings. The van der Waals surface area contributed by atoms with Crippen LogP contribution in [-0.2, 0) is 4.79 Å². The fraction of sp³-hybridized carbons (Fsp3) is 0.0667. The van der Waals surface area contributed by atoms with E-state index < -0.39 is 0 Å². The molecule has 22 heavy (non-hydrogen) atoms. The number of furan rings is 1. The summed E-state index contributed by atoms with van der Waals surface area (Å²) in [7, 11) is 0. The van der Waals surface area contributed by atoms with E-state index in [-0.39, 0.29) is 5.91 Å². The average molecular weight is 327 g/mol. The van der Waals surface area contributed by atoms with Crippen molar-refractivity contribution in [1.82, 2.24) is 5.01 Å². The zero-order chi connectivity index (χ0) is 15.5. The molecule has 3 rings (SSSR count). The minimum Gasteiger partial charge on any atom is -0.455 e. The standard InChI is InChI=1S/C15H9N3O2S2/c16-7-10-3-1-2-4-12(10)13-6-5-11(20-13)8-17-18-14(19)9-22-15(18)21/h1-6,8H,9H2. The molecule has 0 bridgehead atoms. The highest BCUT2D eigenvalue weighted by atomic mass is 32.2. The molecule has 0 atom stereocenters. The summed E-state index contributed by atoms with van der Waals surface area (Å²) in [5, 5.41) is 14.3. The van der Waals surface area contributed by atoms with Gasteiger partial charge in [-0.3, -0.25) is 4.79 Å². The van der Waals surface area contributed by atoms with Crippen molar-refractivity contribution in [3.63, 3.8) is 0 Å². The first kappa shape index (κ1) is 14.5. The van der Waals surface area contributed by atoms with E-state index in [9.17, 15) is 4.79 Å². The number of thioether (sulfide) groups is 1. The Morgan fingerprint density at radius 2 is 2.18 bits per heavy atom. The van der Waals surface area contributed by atoms with Crippen molar-refractivity contribution in [3.05, 3.63) is 47.7 Å². The van der Waals surface area contributed by atoms with Gasteiger partial charge < -0.3 is 4.42 Å². The highest BCUT2D eigenvalue weighted by molar-refractivity contribution is 8.23. The molecule has 1 aromatic carbocycles. The third-order valence-electron chi connectivity index (χ3n) is 2.97. The number of carbonyl (C=O) groups is 1. The molecule has 7 heteroatoms. The summed E-state index contributed by atoms with van der Waals surface area (Å²) in [6.45, 7) is 0. The number of rotatable bonds is 3. The largest absolute Gasteiger partial charge is 0.455 e. The van der Waals surface area contributed by atoms with Crippen molar-refractivity contribution >= 4 is 40.4 Å². The van der Waals surface area contributed by atoms with Crippen LogP contribution in [0, 0.1) is 11.3 Å². The topological polar surface area (TPSA) is 69.6 Å². The van der Waals surface area contributed by atoms with Gasteiger partial charge in [-0.2, -0.15) is 15.4 Å². The highest BCUT2D eigenvalue weighted by Crippen LogP contribution is 2.25. The summed E-state index contributed by atoms with van der Waals surface area (Å²) >= 11 is 6.32. The van der Waals surface area contributed by atoms with Crippen LogP contribution in [0.25, 0.3) is 11.3 Å². The Morgan fingerprint density at radius 1 is 1.36 bits per heavy atom. The Hall–Kier alpha value is -2.43.